The largest absolute Gasteiger partial charge is 0.449 e. The number of rotatable bonds is 5. The summed E-state index contributed by atoms with van der Waals surface area (Å²) in [5.74, 6) is 0. The fourth-order valence-electron chi connectivity index (χ4n) is 2.76. The highest BCUT2D eigenvalue weighted by atomic mass is 16.5. The molecule has 5 nitrogen and oxygen atoms in total. The Balaban J connectivity index is 2.60. The van der Waals surface area contributed by atoms with Crippen molar-refractivity contribution in [1.82, 2.24) is 15.1 Å². The molecule has 1 rings (SSSR count). The Hall–Kier alpha value is -0.810. The number of piperidine rings is 1. The van der Waals surface area contributed by atoms with Crippen LogP contribution >= 0.6 is 0 Å². The van der Waals surface area contributed by atoms with Crippen molar-refractivity contribution in [3.05, 3.63) is 0 Å². The van der Waals surface area contributed by atoms with E-state index in [1.807, 2.05) is 0 Å². The molecule has 21 heavy (non-hydrogen) atoms. The highest BCUT2D eigenvalue weighted by Gasteiger charge is 2.36. The van der Waals surface area contributed by atoms with Gasteiger partial charge in [-0.3, -0.25) is 0 Å². The van der Waals surface area contributed by atoms with Gasteiger partial charge in [-0.2, -0.15) is 0 Å². The van der Waals surface area contributed by atoms with E-state index in [1.54, 1.807) is 0 Å². The number of hydrogen-bond acceptors (Lipinski definition) is 4. The number of hydrogen-bond donors (Lipinski definition) is 1. The monoisotopic (exact) mass is 299 g/mol. The van der Waals surface area contributed by atoms with Crippen molar-refractivity contribution in [2.45, 2.75) is 46.1 Å². The second-order valence-corrected chi connectivity index (χ2v) is 7.71. The maximum atomic E-state index is 12.1. The quantitative estimate of drug-likeness (QED) is 0.845. The second-order valence-electron chi connectivity index (χ2n) is 7.71. The number of carbonyl (C=O) groups is 1. The van der Waals surface area contributed by atoms with Gasteiger partial charge >= 0.3 is 6.09 Å². The summed E-state index contributed by atoms with van der Waals surface area (Å²) in [5, 5.41) is 3.15. The Morgan fingerprint density at radius 3 is 2.29 bits per heavy atom. The summed E-state index contributed by atoms with van der Waals surface area (Å²) < 4.78 is 5.39. The third kappa shape index (κ3) is 6.66. The Morgan fingerprint density at radius 1 is 1.29 bits per heavy atom. The van der Waals surface area contributed by atoms with Crippen LogP contribution in [0.4, 0.5) is 4.79 Å². The van der Waals surface area contributed by atoms with E-state index in [0.717, 1.165) is 39.0 Å². The van der Waals surface area contributed by atoms with Crippen molar-refractivity contribution >= 4 is 6.09 Å². The van der Waals surface area contributed by atoms with Gasteiger partial charge in [0.2, 0.25) is 0 Å². The number of nitrogens with zero attached hydrogens (tertiary/aromatic N) is 2. The predicted molar refractivity (Wildman–Crippen MR) is 86.6 cm³/mol. The van der Waals surface area contributed by atoms with Crippen LogP contribution in [-0.4, -0.2) is 68.3 Å². The van der Waals surface area contributed by atoms with E-state index in [4.69, 9.17) is 4.74 Å². The van der Waals surface area contributed by atoms with Gasteiger partial charge in [0.05, 0.1) is 12.1 Å². The zero-order chi connectivity index (χ0) is 16.1. The van der Waals surface area contributed by atoms with Gasteiger partial charge in [-0.05, 0) is 38.9 Å². The molecule has 0 radical (unpaired) electrons. The molecule has 1 heterocycles. The van der Waals surface area contributed by atoms with E-state index in [-0.39, 0.29) is 17.0 Å². The smallest absolute Gasteiger partial charge is 0.407 e. The maximum Gasteiger partial charge on any atom is 0.407 e. The lowest BCUT2D eigenvalue weighted by molar-refractivity contribution is 0.0732. The highest BCUT2D eigenvalue weighted by molar-refractivity contribution is 5.68. The molecule has 124 valence electrons. The number of amides is 1. The third-order valence-electron chi connectivity index (χ3n) is 3.88. The summed E-state index contributed by atoms with van der Waals surface area (Å²) in [5.41, 5.74) is -0.165. The lowest BCUT2D eigenvalue weighted by atomic mass is 9.87. The van der Waals surface area contributed by atoms with Crippen LogP contribution in [0.15, 0.2) is 0 Å². The summed E-state index contributed by atoms with van der Waals surface area (Å²) in [7, 11) is 4.10. The molecule has 0 aromatic heterocycles. The Kier molecular flexibility index (Phi) is 6.47. The molecule has 0 spiro atoms. The normalized spacial score (nSPS) is 19.6. The molecule has 1 fully saturated rings. The van der Waals surface area contributed by atoms with Crippen LogP contribution in [0.3, 0.4) is 0 Å². The van der Waals surface area contributed by atoms with Crippen LogP contribution in [0.5, 0.6) is 0 Å². The van der Waals surface area contributed by atoms with Crippen molar-refractivity contribution in [2.75, 3.05) is 46.9 Å². The molecular formula is C16H33N3O2. The van der Waals surface area contributed by atoms with Gasteiger partial charge in [0.1, 0.15) is 0 Å². The van der Waals surface area contributed by atoms with Crippen molar-refractivity contribution in [3.8, 4) is 0 Å². The van der Waals surface area contributed by atoms with Gasteiger partial charge < -0.3 is 19.9 Å². The fourth-order valence-corrected chi connectivity index (χ4v) is 2.76. The number of ether oxygens (including phenoxy) is 1. The molecule has 0 saturated carbocycles. The Bertz CT molecular complexity index is 329. The molecule has 1 N–H and O–H groups in total. The summed E-state index contributed by atoms with van der Waals surface area (Å²) in [6.07, 6.45) is 1.67. The minimum absolute atomic E-state index is 0.00236. The highest BCUT2D eigenvalue weighted by Crippen LogP contribution is 2.23. The SMILES string of the molecule is CCN1CCC(CN(C)C)(NC(=O)OCC(C)(C)C)CC1. The number of alkyl carbamates (subject to hydrolysis) is 1. The molecule has 1 aliphatic heterocycles. The van der Waals surface area contributed by atoms with E-state index in [0.29, 0.717) is 6.61 Å². The number of likely N-dealkylation sites (N-methyl/N-ethyl adjacent to an activating group) is 1. The molecule has 1 saturated heterocycles. The molecule has 0 atom stereocenters. The lowest BCUT2D eigenvalue weighted by Gasteiger charge is -2.43. The van der Waals surface area contributed by atoms with Crippen LogP contribution in [-0.2, 0) is 4.74 Å². The summed E-state index contributed by atoms with van der Waals surface area (Å²) in [6, 6.07) is 0. The molecule has 0 aliphatic carbocycles. The van der Waals surface area contributed by atoms with Crippen molar-refractivity contribution < 1.29 is 9.53 Å². The van der Waals surface area contributed by atoms with Crippen LogP contribution < -0.4 is 5.32 Å². The van der Waals surface area contributed by atoms with Crippen molar-refractivity contribution in [3.63, 3.8) is 0 Å². The van der Waals surface area contributed by atoms with Gasteiger partial charge in [0.25, 0.3) is 0 Å². The minimum Gasteiger partial charge on any atom is -0.449 e. The van der Waals surface area contributed by atoms with Crippen molar-refractivity contribution in [2.24, 2.45) is 5.41 Å². The van der Waals surface area contributed by atoms with E-state index >= 15 is 0 Å². The maximum absolute atomic E-state index is 12.1. The molecule has 1 aliphatic rings. The minimum atomic E-state index is -0.281. The fraction of sp³-hybridized carbons (Fsp3) is 0.938. The van der Waals surface area contributed by atoms with Gasteiger partial charge in [-0.1, -0.05) is 27.7 Å². The first-order valence-corrected chi connectivity index (χ1v) is 7.98. The van der Waals surface area contributed by atoms with Crippen LogP contribution in [0.2, 0.25) is 0 Å². The van der Waals surface area contributed by atoms with Crippen LogP contribution in [0.1, 0.15) is 40.5 Å². The lowest BCUT2D eigenvalue weighted by Crippen LogP contribution is -2.60. The van der Waals surface area contributed by atoms with Crippen LogP contribution in [0, 0.1) is 5.41 Å². The number of nitrogens with one attached hydrogen (secondary N) is 1. The van der Waals surface area contributed by atoms with Gasteiger partial charge in [-0.15, -0.1) is 0 Å². The molecule has 1 amide bonds. The third-order valence-corrected chi connectivity index (χ3v) is 3.88. The van der Waals surface area contributed by atoms with Crippen molar-refractivity contribution in [1.29, 1.82) is 0 Å². The first kappa shape index (κ1) is 18.2. The first-order valence-electron chi connectivity index (χ1n) is 7.98. The number of carbonyl (C=O) groups excluding carboxylic acids is 1. The van der Waals surface area contributed by atoms with Gasteiger partial charge in [0.15, 0.2) is 0 Å². The summed E-state index contributed by atoms with van der Waals surface area (Å²) >= 11 is 0. The average molecular weight is 299 g/mol. The molecular weight excluding hydrogens is 266 g/mol. The zero-order valence-electron chi connectivity index (χ0n) is 14.7. The van der Waals surface area contributed by atoms with E-state index in [1.165, 1.54) is 0 Å². The summed E-state index contributed by atoms with van der Waals surface area (Å²) in [4.78, 5) is 16.7. The van der Waals surface area contributed by atoms with Crippen LogP contribution in [0.25, 0.3) is 0 Å². The molecule has 0 unspecified atom stereocenters. The van der Waals surface area contributed by atoms with Gasteiger partial charge in [-0.25, -0.2) is 4.79 Å². The molecule has 0 bridgehead atoms. The average Bonchev–Trinajstić information content (AvgIpc) is 2.35. The van der Waals surface area contributed by atoms with E-state index < -0.39 is 0 Å². The standard InChI is InChI=1S/C16H33N3O2/c1-7-19-10-8-16(9-11-19,12-18(5)6)17-14(20)21-13-15(2,3)4/h7-13H2,1-6H3,(H,17,20). The number of likely N-dealkylation sites (tertiary alicyclic amines) is 1. The Labute approximate surface area is 130 Å². The van der Waals surface area contributed by atoms with Gasteiger partial charge in [0, 0.05) is 19.6 Å². The first-order chi connectivity index (χ1) is 9.66. The predicted octanol–water partition coefficient (Wildman–Crippen LogP) is 2.17. The zero-order valence-corrected chi connectivity index (χ0v) is 14.7. The Morgan fingerprint density at radius 2 is 1.86 bits per heavy atom. The summed E-state index contributed by atoms with van der Waals surface area (Å²) in [6.45, 7) is 12.8. The topological polar surface area (TPSA) is 44.8 Å². The second kappa shape index (κ2) is 7.45. The molecule has 0 aromatic rings. The molecule has 0 aromatic carbocycles. The molecule has 5 heteroatoms. The van der Waals surface area contributed by atoms with E-state index in [9.17, 15) is 4.79 Å². The van der Waals surface area contributed by atoms with E-state index in [2.05, 4.69) is 56.9 Å².